The van der Waals surface area contributed by atoms with Crippen molar-refractivity contribution in [3.05, 3.63) is 59.2 Å². The molecule has 0 aromatic heterocycles. The molecule has 7 heteroatoms. The van der Waals surface area contributed by atoms with Crippen molar-refractivity contribution in [3.63, 3.8) is 0 Å². The molecule has 0 radical (unpaired) electrons. The average Bonchev–Trinajstić information content (AvgIpc) is 2.58. The van der Waals surface area contributed by atoms with E-state index in [0.717, 1.165) is 11.8 Å². The lowest BCUT2D eigenvalue weighted by Gasteiger charge is -2.15. The Morgan fingerprint density at radius 1 is 1.12 bits per heavy atom. The summed E-state index contributed by atoms with van der Waals surface area (Å²) in [6.07, 6.45) is 1.81. The first-order chi connectivity index (χ1) is 11.7. The zero-order chi connectivity index (χ0) is 18.6. The van der Waals surface area contributed by atoms with Crippen molar-refractivity contribution in [2.75, 3.05) is 20.4 Å². The molecule has 0 spiro atoms. The van der Waals surface area contributed by atoms with E-state index in [0.29, 0.717) is 23.2 Å². The van der Waals surface area contributed by atoms with E-state index >= 15 is 0 Å². The average molecular weight is 361 g/mol. The van der Waals surface area contributed by atoms with E-state index in [2.05, 4.69) is 0 Å². The standard InChI is InChI=1S/C18H19NO5S/c1-19(2)18(21)16-10-14(11-20)6-9-17(16)24-12-13-4-7-15(8-5-13)25(3,22)23/h4-11H,12H2,1-3H3. The number of carbonyl (C=O) groups is 2. The molecule has 0 aliphatic carbocycles. The van der Waals surface area contributed by atoms with Crippen LogP contribution < -0.4 is 4.74 Å². The number of amides is 1. The first-order valence-corrected chi connectivity index (χ1v) is 9.34. The van der Waals surface area contributed by atoms with E-state index in [4.69, 9.17) is 4.74 Å². The molecule has 2 aromatic carbocycles. The van der Waals surface area contributed by atoms with Gasteiger partial charge in [-0.05, 0) is 35.9 Å². The van der Waals surface area contributed by atoms with Gasteiger partial charge < -0.3 is 9.64 Å². The minimum absolute atomic E-state index is 0.165. The number of benzene rings is 2. The number of carbonyl (C=O) groups excluding carboxylic acids is 2. The van der Waals surface area contributed by atoms with Crippen molar-refractivity contribution < 1.29 is 22.7 Å². The third-order valence-corrected chi connectivity index (χ3v) is 4.65. The van der Waals surface area contributed by atoms with Crippen LogP contribution in [0.5, 0.6) is 5.75 Å². The topological polar surface area (TPSA) is 80.8 Å². The van der Waals surface area contributed by atoms with E-state index in [9.17, 15) is 18.0 Å². The molecular weight excluding hydrogens is 342 g/mol. The van der Waals surface area contributed by atoms with Crippen LogP contribution in [0.4, 0.5) is 0 Å². The number of aldehydes is 1. The molecule has 0 aliphatic rings. The van der Waals surface area contributed by atoms with Crippen LogP contribution in [-0.4, -0.2) is 45.9 Å². The summed E-state index contributed by atoms with van der Waals surface area (Å²) in [6, 6.07) is 11.0. The Kier molecular flexibility index (Phi) is 5.58. The molecule has 0 heterocycles. The summed E-state index contributed by atoms with van der Waals surface area (Å²) >= 11 is 0. The summed E-state index contributed by atoms with van der Waals surface area (Å²) in [5.41, 5.74) is 1.44. The first-order valence-electron chi connectivity index (χ1n) is 7.45. The van der Waals surface area contributed by atoms with Crippen LogP contribution >= 0.6 is 0 Å². The lowest BCUT2D eigenvalue weighted by atomic mass is 10.1. The van der Waals surface area contributed by atoms with Gasteiger partial charge in [0.1, 0.15) is 18.6 Å². The van der Waals surface area contributed by atoms with Gasteiger partial charge in [-0.3, -0.25) is 9.59 Å². The fraction of sp³-hybridized carbons (Fsp3) is 0.222. The summed E-state index contributed by atoms with van der Waals surface area (Å²) in [4.78, 5) is 24.8. The van der Waals surface area contributed by atoms with Gasteiger partial charge in [0, 0.05) is 25.9 Å². The summed E-state index contributed by atoms with van der Waals surface area (Å²) in [5, 5.41) is 0. The van der Waals surface area contributed by atoms with Crippen molar-refractivity contribution in [1.82, 2.24) is 4.90 Å². The summed E-state index contributed by atoms with van der Waals surface area (Å²) in [7, 11) is -0.0165. The van der Waals surface area contributed by atoms with Crippen LogP contribution in [0.2, 0.25) is 0 Å². The van der Waals surface area contributed by atoms with Crippen molar-refractivity contribution >= 4 is 22.0 Å². The van der Waals surface area contributed by atoms with Gasteiger partial charge in [0.25, 0.3) is 5.91 Å². The fourth-order valence-electron chi connectivity index (χ4n) is 2.15. The largest absolute Gasteiger partial charge is 0.488 e. The maximum Gasteiger partial charge on any atom is 0.257 e. The Hall–Kier alpha value is -2.67. The summed E-state index contributed by atoms with van der Waals surface area (Å²) in [5.74, 6) is 0.0858. The molecule has 0 unspecified atom stereocenters. The smallest absolute Gasteiger partial charge is 0.257 e. The molecule has 132 valence electrons. The second-order valence-corrected chi connectivity index (χ2v) is 7.79. The van der Waals surface area contributed by atoms with Gasteiger partial charge in [-0.2, -0.15) is 0 Å². The van der Waals surface area contributed by atoms with Gasteiger partial charge >= 0.3 is 0 Å². The maximum absolute atomic E-state index is 12.3. The van der Waals surface area contributed by atoms with Gasteiger partial charge in [0.2, 0.25) is 0 Å². The zero-order valence-electron chi connectivity index (χ0n) is 14.2. The highest BCUT2D eigenvalue weighted by atomic mass is 32.2. The number of sulfone groups is 1. The molecule has 2 rings (SSSR count). The van der Waals surface area contributed by atoms with Gasteiger partial charge in [0.05, 0.1) is 10.5 Å². The van der Waals surface area contributed by atoms with E-state index in [1.165, 1.54) is 23.1 Å². The van der Waals surface area contributed by atoms with Crippen LogP contribution in [0.1, 0.15) is 26.3 Å². The second kappa shape index (κ2) is 7.48. The minimum atomic E-state index is -3.25. The maximum atomic E-state index is 12.3. The summed E-state index contributed by atoms with van der Waals surface area (Å²) < 4.78 is 28.6. The molecule has 25 heavy (non-hydrogen) atoms. The number of hydrogen-bond acceptors (Lipinski definition) is 5. The van der Waals surface area contributed by atoms with Crippen molar-refractivity contribution in [2.45, 2.75) is 11.5 Å². The molecule has 1 amide bonds. The van der Waals surface area contributed by atoms with Crippen LogP contribution in [0.3, 0.4) is 0 Å². The summed E-state index contributed by atoms with van der Waals surface area (Å²) in [6.45, 7) is 0.165. The van der Waals surface area contributed by atoms with Gasteiger partial charge in [0.15, 0.2) is 9.84 Å². The van der Waals surface area contributed by atoms with Gasteiger partial charge in [-0.1, -0.05) is 12.1 Å². The Balaban J connectivity index is 2.22. The number of nitrogens with zero attached hydrogens (tertiary/aromatic N) is 1. The van der Waals surface area contributed by atoms with E-state index in [1.54, 1.807) is 38.4 Å². The van der Waals surface area contributed by atoms with Crippen LogP contribution in [0.15, 0.2) is 47.4 Å². The van der Waals surface area contributed by atoms with Crippen LogP contribution in [-0.2, 0) is 16.4 Å². The predicted molar refractivity (Wildman–Crippen MR) is 93.7 cm³/mol. The SMILES string of the molecule is CN(C)C(=O)c1cc(C=O)ccc1OCc1ccc(S(C)(=O)=O)cc1. The molecular formula is C18H19NO5S. The van der Waals surface area contributed by atoms with Crippen molar-refractivity contribution in [1.29, 1.82) is 0 Å². The lowest BCUT2D eigenvalue weighted by molar-refractivity contribution is 0.0822. The third-order valence-electron chi connectivity index (χ3n) is 3.52. The van der Waals surface area contributed by atoms with Gasteiger partial charge in [-0.25, -0.2) is 8.42 Å². The molecule has 6 nitrogen and oxygen atoms in total. The van der Waals surface area contributed by atoms with E-state index < -0.39 is 9.84 Å². The van der Waals surface area contributed by atoms with Crippen LogP contribution in [0.25, 0.3) is 0 Å². The number of ether oxygens (including phenoxy) is 1. The number of rotatable bonds is 6. The zero-order valence-corrected chi connectivity index (χ0v) is 15.0. The Labute approximate surface area is 146 Å². The highest BCUT2D eigenvalue weighted by molar-refractivity contribution is 7.90. The molecule has 0 atom stereocenters. The molecule has 0 aliphatic heterocycles. The minimum Gasteiger partial charge on any atom is -0.488 e. The van der Waals surface area contributed by atoms with E-state index in [-0.39, 0.29) is 17.4 Å². The Morgan fingerprint density at radius 2 is 1.76 bits per heavy atom. The van der Waals surface area contributed by atoms with Crippen molar-refractivity contribution in [2.24, 2.45) is 0 Å². The molecule has 0 saturated heterocycles. The van der Waals surface area contributed by atoms with Crippen molar-refractivity contribution in [3.8, 4) is 5.75 Å². The predicted octanol–water partition coefficient (Wildman–Crippen LogP) is 2.18. The third kappa shape index (κ3) is 4.67. The fourth-order valence-corrected chi connectivity index (χ4v) is 2.78. The molecule has 2 aromatic rings. The van der Waals surface area contributed by atoms with E-state index in [1.807, 2.05) is 0 Å². The quantitative estimate of drug-likeness (QED) is 0.737. The van der Waals surface area contributed by atoms with Crippen LogP contribution in [0, 0.1) is 0 Å². The Bertz CT molecular complexity index is 886. The molecule has 0 fully saturated rings. The normalized spacial score (nSPS) is 11.0. The molecule has 0 N–H and O–H groups in total. The highest BCUT2D eigenvalue weighted by Crippen LogP contribution is 2.22. The molecule has 0 saturated carbocycles. The Morgan fingerprint density at radius 3 is 2.28 bits per heavy atom. The lowest BCUT2D eigenvalue weighted by Crippen LogP contribution is -2.22. The highest BCUT2D eigenvalue weighted by Gasteiger charge is 2.16. The first kappa shape index (κ1) is 18.7. The second-order valence-electron chi connectivity index (χ2n) is 5.78. The monoisotopic (exact) mass is 361 g/mol. The number of hydrogen-bond donors (Lipinski definition) is 0. The van der Waals surface area contributed by atoms with Gasteiger partial charge in [-0.15, -0.1) is 0 Å². The molecule has 0 bridgehead atoms.